The van der Waals surface area contributed by atoms with Crippen LogP contribution >= 0.6 is 11.3 Å². The summed E-state index contributed by atoms with van der Waals surface area (Å²) in [6.45, 7) is 0. The van der Waals surface area contributed by atoms with Crippen molar-refractivity contribution in [1.29, 1.82) is 0 Å². The van der Waals surface area contributed by atoms with Crippen LogP contribution in [0.5, 0.6) is 0 Å². The standard InChI is InChI=1S/C18H19N5O2S/c1-23-18(26-17(22-23)11-6-8-19-9-7-11)21-16(25)13-10-15(24)20-14-5-3-2-4-12(13)14/h6-10,12,14H,2-5H2,1H3,(H,20,24)/p+1. The summed E-state index contributed by atoms with van der Waals surface area (Å²) in [5.41, 5.74) is 1.53. The number of pyridine rings is 1. The van der Waals surface area contributed by atoms with Crippen LogP contribution in [0, 0.1) is 5.92 Å². The maximum Gasteiger partial charge on any atom is 0.364 e. The second-order valence-corrected chi connectivity index (χ2v) is 7.61. The molecule has 0 bridgehead atoms. The summed E-state index contributed by atoms with van der Waals surface area (Å²) < 4.78 is 1.65. The Hall–Kier alpha value is -2.61. The molecule has 0 saturated heterocycles. The number of rotatable bonds is 3. The highest BCUT2D eigenvalue weighted by atomic mass is 32.1. The Morgan fingerprint density at radius 2 is 2.08 bits per heavy atom. The maximum absolute atomic E-state index is 12.9. The molecule has 2 N–H and O–H groups in total. The summed E-state index contributed by atoms with van der Waals surface area (Å²) in [6.07, 6.45) is 8.92. The number of hydrogen-bond acceptors (Lipinski definition) is 5. The van der Waals surface area contributed by atoms with Crippen LogP contribution in [0.2, 0.25) is 0 Å². The number of carbonyl (C=O) groups excluding carboxylic acids is 2. The van der Waals surface area contributed by atoms with Crippen LogP contribution < -0.4 is 15.3 Å². The molecule has 2 unspecified atom stereocenters. The Bertz CT molecular complexity index is 877. The highest BCUT2D eigenvalue weighted by molar-refractivity contribution is 7.18. The van der Waals surface area contributed by atoms with Crippen LogP contribution in [-0.2, 0) is 16.6 Å². The predicted molar refractivity (Wildman–Crippen MR) is 97.1 cm³/mol. The van der Waals surface area contributed by atoms with Gasteiger partial charge in [0.05, 0.1) is 5.57 Å². The molecule has 1 aliphatic carbocycles. The largest absolute Gasteiger partial charge is 0.364 e. The smallest absolute Gasteiger partial charge is 0.349 e. The number of nitrogens with one attached hydrogen (secondary N) is 2. The van der Waals surface area contributed by atoms with Gasteiger partial charge in [0.15, 0.2) is 5.01 Å². The van der Waals surface area contributed by atoms with Crippen molar-refractivity contribution in [2.24, 2.45) is 13.0 Å². The molecule has 0 radical (unpaired) electrons. The van der Waals surface area contributed by atoms with Gasteiger partial charge in [0, 0.05) is 36.0 Å². The summed E-state index contributed by atoms with van der Waals surface area (Å²) in [6, 6.07) is 3.83. The van der Waals surface area contributed by atoms with Gasteiger partial charge in [-0.15, -0.1) is 4.68 Å². The zero-order valence-electron chi connectivity index (χ0n) is 14.4. The molecule has 1 fully saturated rings. The molecule has 2 atom stereocenters. The summed E-state index contributed by atoms with van der Waals surface area (Å²) in [7, 11) is 1.79. The third-order valence-corrected chi connectivity index (χ3v) is 5.99. The lowest BCUT2D eigenvalue weighted by molar-refractivity contribution is -0.711. The third-order valence-electron chi connectivity index (χ3n) is 4.92. The molecular formula is C18H20N5O2S+. The first-order valence-electron chi connectivity index (χ1n) is 8.73. The quantitative estimate of drug-likeness (QED) is 0.803. The van der Waals surface area contributed by atoms with Crippen LogP contribution in [0.1, 0.15) is 25.7 Å². The van der Waals surface area contributed by atoms with Crippen molar-refractivity contribution >= 4 is 28.3 Å². The summed E-state index contributed by atoms with van der Waals surface area (Å²) >= 11 is 1.40. The Labute approximate surface area is 155 Å². The van der Waals surface area contributed by atoms with Crippen molar-refractivity contribution in [2.75, 3.05) is 5.32 Å². The summed E-state index contributed by atoms with van der Waals surface area (Å²) in [4.78, 5) is 28.8. The van der Waals surface area contributed by atoms with Crippen LogP contribution in [0.15, 0.2) is 36.2 Å². The molecule has 2 amide bonds. The lowest BCUT2D eigenvalue weighted by Crippen LogP contribution is -2.48. The molecule has 26 heavy (non-hydrogen) atoms. The van der Waals surface area contributed by atoms with Crippen molar-refractivity contribution in [3.63, 3.8) is 0 Å². The molecule has 2 aromatic heterocycles. The molecule has 2 aliphatic rings. The average Bonchev–Trinajstić information content (AvgIpc) is 3.02. The second kappa shape index (κ2) is 6.95. The van der Waals surface area contributed by atoms with Gasteiger partial charge in [-0.3, -0.25) is 9.78 Å². The Kier molecular flexibility index (Phi) is 4.50. The van der Waals surface area contributed by atoms with E-state index in [0.29, 0.717) is 10.7 Å². The van der Waals surface area contributed by atoms with E-state index in [0.717, 1.165) is 36.3 Å². The highest BCUT2D eigenvalue weighted by Gasteiger charge is 2.37. The number of hydrogen-bond donors (Lipinski definition) is 2. The zero-order valence-corrected chi connectivity index (χ0v) is 15.3. The van der Waals surface area contributed by atoms with Crippen LogP contribution in [0.4, 0.5) is 5.13 Å². The van der Waals surface area contributed by atoms with Gasteiger partial charge in [-0.2, -0.15) is 5.32 Å². The minimum Gasteiger partial charge on any atom is -0.349 e. The molecule has 1 aliphatic heterocycles. The topological polar surface area (TPSA) is 87.9 Å². The molecule has 0 aromatic carbocycles. The lowest BCUT2D eigenvalue weighted by Gasteiger charge is -2.35. The van der Waals surface area contributed by atoms with E-state index >= 15 is 0 Å². The molecular weight excluding hydrogens is 350 g/mol. The molecule has 134 valence electrons. The minimum absolute atomic E-state index is 0.0737. The normalized spacial score (nSPS) is 22.2. The van der Waals surface area contributed by atoms with Crippen molar-refractivity contribution < 1.29 is 14.3 Å². The van der Waals surface area contributed by atoms with E-state index in [1.807, 2.05) is 12.1 Å². The fourth-order valence-electron chi connectivity index (χ4n) is 3.63. The van der Waals surface area contributed by atoms with Crippen LogP contribution in [0.3, 0.4) is 0 Å². The molecule has 8 heteroatoms. The van der Waals surface area contributed by atoms with Gasteiger partial charge < -0.3 is 5.32 Å². The first kappa shape index (κ1) is 16.8. The first-order valence-corrected chi connectivity index (χ1v) is 9.54. The number of aryl methyl sites for hydroxylation is 1. The maximum atomic E-state index is 12.9. The van der Waals surface area contributed by atoms with Gasteiger partial charge >= 0.3 is 11.0 Å². The Morgan fingerprint density at radius 1 is 1.31 bits per heavy atom. The molecule has 7 nitrogen and oxygen atoms in total. The van der Waals surface area contributed by atoms with E-state index in [4.69, 9.17) is 0 Å². The minimum atomic E-state index is -0.211. The van der Waals surface area contributed by atoms with Crippen LogP contribution in [-0.4, -0.2) is 27.9 Å². The SMILES string of the molecule is C[n+]1nc(-c2ccncc2)sc1NC(=O)C1=CC(=O)NC2CCCCC12. The number of anilines is 1. The summed E-state index contributed by atoms with van der Waals surface area (Å²) in [5, 5.41) is 11.8. The van der Waals surface area contributed by atoms with E-state index < -0.39 is 0 Å². The van der Waals surface area contributed by atoms with E-state index in [-0.39, 0.29) is 23.8 Å². The van der Waals surface area contributed by atoms with Crippen molar-refractivity contribution in [3.05, 3.63) is 36.2 Å². The highest BCUT2D eigenvalue weighted by Crippen LogP contribution is 2.33. The predicted octanol–water partition coefficient (Wildman–Crippen LogP) is 1.58. The summed E-state index contributed by atoms with van der Waals surface area (Å²) in [5.74, 6) is -0.291. The van der Waals surface area contributed by atoms with Crippen molar-refractivity contribution in [2.45, 2.75) is 31.7 Å². The monoisotopic (exact) mass is 370 g/mol. The molecule has 4 rings (SSSR count). The van der Waals surface area contributed by atoms with Gasteiger partial charge in [-0.25, -0.2) is 4.79 Å². The molecule has 2 aromatic rings. The number of amides is 2. The van der Waals surface area contributed by atoms with Gasteiger partial charge in [0.25, 0.3) is 0 Å². The molecule has 1 saturated carbocycles. The van der Waals surface area contributed by atoms with Gasteiger partial charge in [-0.1, -0.05) is 17.9 Å². The van der Waals surface area contributed by atoms with Gasteiger partial charge in [0.1, 0.15) is 7.05 Å². The fraction of sp³-hybridized carbons (Fsp3) is 0.389. The fourth-order valence-corrected chi connectivity index (χ4v) is 4.55. The Morgan fingerprint density at radius 3 is 2.88 bits per heavy atom. The average molecular weight is 370 g/mol. The van der Waals surface area contributed by atoms with Gasteiger partial charge in [0.2, 0.25) is 5.91 Å². The van der Waals surface area contributed by atoms with Crippen molar-refractivity contribution in [3.8, 4) is 10.6 Å². The Balaban J connectivity index is 1.56. The number of nitrogens with zero attached hydrogens (tertiary/aromatic N) is 3. The van der Waals surface area contributed by atoms with Crippen molar-refractivity contribution in [1.82, 2.24) is 15.4 Å². The van der Waals surface area contributed by atoms with E-state index in [1.165, 1.54) is 17.4 Å². The van der Waals surface area contributed by atoms with E-state index in [9.17, 15) is 9.59 Å². The molecule has 0 spiro atoms. The molecule has 3 heterocycles. The van der Waals surface area contributed by atoms with E-state index in [2.05, 4.69) is 20.7 Å². The van der Waals surface area contributed by atoms with Crippen LogP contribution in [0.25, 0.3) is 10.6 Å². The lowest BCUT2D eigenvalue weighted by atomic mass is 9.77. The second-order valence-electron chi connectivity index (χ2n) is 6.63. The number of fused-ring (bicyclic) bond motifs is 1. The number of aromatic nitrogens is 3. The third kappa shape index (κ3) is 3.24. The van der Waals surface area contributed by atoms with Gasteiger partial charge in [-0.05, 0) is 36.3 Å². The first-order chi connectivity index (χ1) is 12.6. The van der Waals surface area contributed by atoms with E-state index in [1.54, 1.807) is 24.1 Å². The zero-order chi connectivity index (χ0) is 18.1. The number of carbonyl (C=O) groups is 2.